The number of ether oxygens (including phenoxy) is 1. The second-order valence-electron chi connectivity index (χ2n) is 4.99. The average molecular weight is 419 g/mol. The van der Waals surface area contributed by atoms with Crippen LogP contribution >= 0.6 is 39.1 Å². The van der Waals surface area contributed by atoms with Gasteiger partial charge in [0.2, 0.25) is 0 Å². The van der Waals surface area contributed by atoms with E-state index in [4.69, 9.17) is 33.0 Å². The van der Waals surface area contributed by atoms with Gasteiger partial charge in [0.05, 0.1) is 0 Å². The zero-order valence-corrected chi connectivity index (χ0v) is 15.6. The van der Waals surface area contributed by atoms with Crippen molar-refractivity contribution in [2.45, 2.75) is 19.6 Å². The molecule has 0 fully saturated rings. The zero-order chi connectivity index (χ0) is 16.7. The van der Waals surface area contributed by atoms with Gasteiger partial charge in [-0.3, -0.25) is 0 Å². The van der Waals surface area contributed by atoms with E-state index in [1.54, 1.807) is 12.1 Å². The first-order valence-electron chi connectivity index (χ1n) is 7.27. The van der Waals surface area contributed by atoms with Crippen LogP contribution in [0.25, 0.3) is 0 Å². The van der Waals surface area contributed by atoms with Crippen LogP contribution in [-0.4, -0.2) is 18.3 Å². The molecule has 0 saturated heterocycles. The van der Waals surface area contributed by atoms with Gasteiger partial charge < -0.3 is 15.2 Å². The van der Waals surface area contributed by atoms with Crippen LogP contribution < -0.4 is 10.1 Å². The minimum atomic E-state index is 0.180. The first-order chi connectivity index (χ1) is 11.1. The van der Waals surface area contributed by atoms with Crippen molar-refractivity contribution in [2.75, 3.05) is 13.2 Å². The molecule has 0 aliphatic rings. The van der Waals surface area contributed by atoms with Gasteiger partial charge in [-0.15, -0.1) is 0 Å². The number of hydrogen-bond acceptors (Lipinski definition) is 3. The minimum Gasteiger partial charge on any atom is -0.488 e. The zero-order valence-electron chi connectivity index (χ0n) is 12.5. The number of rotatable bonds is 8. The Hall–Kier alpha value is -0.780. The molecule has 6 heteroatoms. The summed E-state index contributed by atoms with van der Waals surface area (Å²) in [5.74, 6) is 0.778. The first-order valence-corrected chi connectivity index (χ1v) is 8.82. The summed E-state index contributed by atoms with van der Waals surface area (Å²) in [5, 5.41) is 13.3. The summed E-state index contributed by atoms with van der Waals surface area (Å²) in [6.07, 6.45) is 0.722. The molecule has 124 valence electrons. The Labute approximate surface area is 154 Å². The molecule has 0 radical (unpaired) electrons. The number of aliphatic hydroxyl groups excluding tert-OH is 1. The van der Waals surface area contributed by atoms with Crippen LogP contribution in [0.15, 0.2) is 40.9 Å². The third kappa shape index (κ3) is 5.66. The summed E-state index contributed by atoms with van der Waals surface area (Å²) in [5.41, 5.74) is 1.80. The molecule has 2 rings (SSSR count). The highest BCUT2D eigenvalue weighted by molar-refractivity contribution is 9.10. The lowest BCUT2D eigenvalue weighted by atomic mass is 10.2. The van der Waals surface area contributed by atoms with E-state index in [1.165, 1.54) is 0 Å². The van der Waals surface area contributed by atoms with E-state index in [1.807, 2.05) is 24.3 Å². The highest BCUT2D eigenvalue weighted by atomic mass is 79.9. The predicted molar refractivity (Wildman–Crippen MR) is 98.3 cm³/mol. The number of aliphatic hydroxyl groups is 1. The molecule has 2 aromatic rings. The topological polar surface area (TPSA) is 41.5 Å². The SMILES string of the molecule is OCCCNCc1cc(Br)ccc1OCc1c(Cl)cccc1Cl. The van der Waals surface area contributed by atoms with Crippen LogP contribution in [0.5, 0.6) is 5.75 Å². The third-order valence-corrected chi connectivity index (χ3v) is 4.48. The molecule has 23 heavy (non-hydrogen) atoms. The molecular formula is C17H18BrCl2NO2. The molecule has 0 heterocycles. The quantitative estimate of drug-likeness (QED) is 0.604. The molecular weight excluding hydrogens is 401 g/mol. The van der Waals surface area contributed by atoms with Crippen molar-refractivity contribution in [2.24, 2.45) is 0 Å². The van der Waals surface area contributed by atoms with Gasteiger partial charge >= 0.3 is 0 Å². The van der Waals surface area contributed by atoms with Crippen molar-refractivity contribution < 1.29 is 9.84 Å². The van der Waals surface area contributed by atoms with Crippen LogP contribution in [0.3, 0.4) is 0 Å². The maximum absolute atomic E-state index is 8.83. The number of benzene rings is 2. The first kappa shape index (κ1) is 18.6. The summed E-state index contributed by atoms with van der Waals surface area (Å²) in [6.45, 7) is 1.90. The summed E-state index contributed by atoms with van der Waals surface area (Å²) in [4.78, 5) is 0. The van der Waals surface area contributed by atoms with Gasteiger partial charge in [-0.05, 0) is 43.3 Å². The highest BCUT2D eigenvalue weighted by Crippen LogP contribution is 2.28. The van der Waals surface area contributed by atoms with Crippen molar-refractivity contribution in [1.29, 1.82) is 0 Å². The molecule has 0 bridgehead atoms. The van der Waals surface area contributed by atoms with Crippen molar-refractivity contribution in [3.05, 3.63) is 62.0 Å². The Morgan fingerprint density at radius 1 is 1.13 bits per heavy atom. The summed E-state index contributed by atoms with van der Waals surface area (Å²) in [7, 11) is 0. The van der Waals surface area contributed by atoms with E-state index < -0.39 is 0 Å². The lowest BCUT2D eigenvalue weighted by molar-refractivity contribution is 0.285. The Balaban J connectivity index is 2.07. The van der Waals surface area contributed by atoms with E-state index in [9.17, 15) is 0 Å². The summed E-state index contributed by atoms with van der Waals surface area (Å²) < 4.78 is 6.90. The average Bonchev–Trinajstić information content (AvgIpc) is 2.52. The van der Waals surface area contributed by atoms with Crippen LogP contribution in [0.1, 0.15) is 17.5 Å². The lowest BCUT2D eigenvalue weighted by Gasteiger charge is -2.14. The largest absolute Gasteiger partial charge is 0.488 e. The van der Waals surface area contributed by atoms with E-state index in [-0.39, 0.29) is 6.61 Å². The second kappa shape index (κ2) is 9.50. The van der Waals surface area contributed by atoms with Crippen molar-refractivity contribution in [1.82, 2.24) is 5.32 Å². The van der Waals surface area contributed by atoms with Gasteiger partial charge in [-0.1, -0.05) is 45.2 Å². The second-order valence-corrected chi connectivity index (χ2v) is 6.72. The molecule has 0 aliphatic carbocycles. The van der Waals surface area contributed by atoms with Crippen LogP contribution in [0, 0.1) is 0 Å². The molecule has 0 saturated carbocycles. The maximum atomic E-state index is 8.83. The van der Waals surface area contributed by atoms with E-state index in [0.29, 0.717) is 23.2 Å². The fourth-order valence-electron chi connectivity index (χ4n) is 2.07. The molecule has 0 atom stereocenters. The normalized spacial score (nSPS) is 10.8. The van der Waals surface area contributed by atoms with Gasteiger partial charge in [0.25, 0.3) is 0 Å². The van der Waals surface area contributed by atoms with Crippen molar-refractivity contribution >= 4 is 39.1 Å². The van der Waals surface area contributed by atoms with Crippen LogP contribution in [0.4, 0.5) is 0 Å². The number of nitrogens with one attached hydrogen (secondary N) is 1. The van der Waals surface area contributed by atoms with E-state index in [2.05, 4.69) is 21.2 Å². The fourth-order valence-corrected chi connectivity index (χ4v) is 2.99. The predicted octanol–water partition coefficient (Wildman–Crippen LogP) is 4.81. The Bertz CT molecular complexity index is 632. The summed E-state index contributed by atoms with van der Waals surface area (Å²) in [6, 6.07) is 11.3. The standard InChI is InChI=1S/C17H18BrCl2NO2/c18-13-5-6-17(12(9-13)10-21-7-2-8-22)23-11-14-15(19)3-1-4-16(14)20/h1,3-6,9,21-22H,2,7-8,10-11H2. The van der Waals surface area contributed by atoms with Gasteiger partial charge in [-0.25, -0.2) is 0 Å². The van der Waals surface area contributed by atoms with E-state index in [0.717, 1.165) is 34.3 Å². The Kier molecular flexibility index (Phi) is 7.66. The molecule has 0 unspecified atom stereocenters. The lowest BCUT2D eigenvalue weighted by Crippen LogP contribution is -2.16. The smallest absolute Gasteiger partial charge is 0.124 e. The highest BCUT2D eigenvalue weighted by Gasteiger charge is 2.09. The molecule has 2 aromatic carbocycles. The monoisotopic (exact) mass is 417 g/mol. The van der Waals surface area contributed by atoms with Crippen molar-refractivity contribution in [3.63, 3.8) is 0 Å². The third-order valence-electron chi connectivity index (χ3n) is 3.28. The van der Waals surface area contributed by atoms with Crippen LogP contribution in [0.2, 0.25) is 10.0 Å². The van der Waals surface area contributed by atoms with Gasteiger partial charge in [0, 0.05) is 38.8 Å². The molecule has 2 N–H and O–H groups in total. The Morgan fingerprint density at radius 2 is 1.87 bits per heavy atom. The van der Waals surface area contributed by atoms with Gasteiger partial charge in [0.1, 0.15) is 12.4 Å². The molecule has 0 aromatic heterocycles. The van der Waals surface area contributed by atoms with Crippen LogP contribution in [-0.2, 0) is 13.2 Å². The molecule has 0 spiro atoms. The van der Waals surface area contributed by atoms with E-state index >= 15 is 0 Å². The number of hydrogen-bond donors (Lipinski definition) is 2. The molecule has 3 nitrogen and oxygen atoms in total. The maximum Gasteiger partial charge on any atom is 0.124 e. The van der Waals surface area contributed by atoms with Gasteiger partial charge in [-0.2, -0.15) is 0 Å². The molecule has 0 amide bonds. The number of halogens is 3. The van der Waals surface area contributed by atoms with Crippen molar-refractivity contribution in [3.8, 4) is 5.75 Å². The fraction of sp³-hybridized carbons (Fsp3) is 0.294. The minimum absolute atomic E-state index is 0.180. The van der Waals surface area contributed by atoms with Gasteiger partial charge in [0.15, 0.2) is 0 Å². The summed E-state index contributed by atoms with van der Waals surface area (Å²) >= 11 is 15.8. The molecule has 0 aliphatic heterocycles. The Morgan fingerprint density at radius 3 is 2.57 bits per heavy atom.